The lowest BCUT2D eigenvalue weighted by Crippen LogP contribution is -2.23. The van der Waals surface area contributed by atoms with Crippen LogP contribution in [0.2, 0.25) is 0 Å². The van der Waals surface area contributed by atoms with Crippen molar-refractivity contribution < 1.29 is 8.91 Å². The van der Waals surface area contributed by atoms with Gasteiger partial charge in [0.25, 0.3) is 5.56 Å². The van der Waals surface area contributed by atoms with Gasteiger partial charge < -0.3 is 14.0 Å². The normalized spacial score (nSPS) is 19.5. The summed E-state index contributed by atoms with van der Waals surface area (Å²) in [4.78, 5) is 30.2. The van der Waals surface area contributed by atoms with Gasteiger partial charge in [0.15, 0.2) is 29.1 Å². The number of hydrogen-bond donors (Lipinski definition) is 0. The van der Waals surface area contributed by atoms with Crippen LogP contribution in [0.3, 0.4) is 0 Å². The summed E-state index contributed by atoms with van der Waals surface area (Å²) in [5.41, 5.74) is 0.694. The van der Waals surface area contributed by atoms with Crippen LogP contribution < -0.4 is 10.5 Å². The minimum Gasteiger partial charge on any atom is -0.354 e. The van der Waals surface area contributed by atoms with Crippen LogP contribution in [0.5, 0.6) is 0 Å². The molecule has 0 N–H and O–H groups in total. The molecule has 10 nitrogen and oxygen atoms in total. The second-order valence-corrected chi connectivity index (χ2v) is 7.51. The first kappa shape index (κ1) is 18.4. The van der Waals surface area contributed by atoms with E-state index in [-0.39, 0.29) is 17.9 Å². The fourth-order valence-corrected chi connectivity index (χ4v) is 3.78. The molecule has 0 spiro atoms. The molecule has 1 saturated carbocycles. The number of hydrogen-bond acceptors (Lipinski definition) is 8. The molecule has 154 valence electrons. The van der Waals surface area contributed by atoms with Gasteiger partial charge in [-0.1, -0.05) is 5.16 Å². The van der Waals surface area contributed by atoms with Crippen molar-refractivity contribution in [2.75, 3.05) is 18.0 Å². The Morgan fingerprint density at radius 3 is 2.70 bits per heavy atom. The van der Waals surface area contributed by atoms with Gasteiger partial charge in [-0.2, -0.15) is 4.98 Å². The van der Waals surface area contributed by atoms with Crippen LogP contribution in [0.4, 0.5) is 10.2 Å². The quantitative estimate of drug-likeness (QED) is 0.496. The van der Waals surface area contributed by atoms with Crippen molar-refractivity contribution in [2.24, 2.45) is 18.9 Å². The maximum Gasteiger partial charge on any atom is 0.280 e. The number of nitrogens with zero attached hydrogens (tertiary/aromatic N) is 8. The predicted molar refractivity (Wildman–Crippen MR) is 104 cm³/mol. The molecule has 4 aromatic heterocycles. The molecule has 6 rings (SSSR count). The van der Waals surface area contributed by atoms with Gasteiger partial charge in [-0.05, 0) is 30.4 Å². The molecular weight excluding hydrogens is 391 g/mol. The number of piperidine rings is 1. The fourth-order valence-electron chi connectivity index (χ4n) is 3.78. The van der Waals surface area contributed by atoms with Gasteiger partial charge in [0, 0.05) is 26.3 Å². The summed E-state index contributed by atoms with van der Waals surface area (Å²) in [5.74, 6) is 2.34. The van der Waals surface area contributed by atoms with Crippen LogP contribution >= 0.6 is 0 Å². The van der Waals surface area contributed by atoms with E-state index < -0.39 is 0 Å². The molecule has 1 saturated heterocycles. The number of aromatic nitrogens is 7. The third-order valence-electron chi connectivity index (χ3n) is 5.43. The SMILES string of the molecule is Cn1cnc2ncn(Cc3ncno3)c(=O)c21.Fc1cccnc1N1C[C@H]2C[C@H]2C1. The highest BCUT2D eigenvalue weighted by Crippen LogP contribution is 2.46. The molecule has 2 atom stereocenters. The highest BCUT2D eigenvalue weighted by molar-refractivity contribution is 5.68. The van der Waals surface area contributed by atoms with Crippen molar-refractivity contribution in [3.63, 3.8) is 0 Å². The van der Waals surface area contributed by atoms with E-state index in [1.54, 1.807) is 30.2 Å². The number of halogens is 1. The molecule has 1 aliphatic heterocycles. The third kappa shape index (κ3) is 3.42. The minimum atomic E-state index is -0.191. The molecule has 11 heteroatoms. The minimum absolute atomic E-state index is 0.187. The standard InChI is InChI=1S/C10H11FN2.C9H8N6O2/c11-9-2-1-3-12-10(9)13-5-7-4-8(7)6-13;1-14-4-11-8-7(14)9(16)15(5-12-8)2-6-10-3-13-17-6/h1-3,7-8H,4-6H2;3-5H,2H2,1H3/t7-,8+;. The maximum absolute atomic E-state index is 13.3. The first-order chi connectivity index (χ1) is 14.6. The Hall–Kier alpha value is -3.63. The maximum atomic E-state index is 13.3. The van der Waals surface area contributed by atoms with Gasteiger partial charge in [0.1, 0.15) is 12.9 Å². The Balaban J connectivity index is 0.000000133. The summed E-state index contributed by atoms with van der Waals surface area (Å²) in [5, 5.41) is 3.48. The van der Waals surface area contributed by atoms with Crippen molar-refractivity contribution in [2.45, 2.75) is 13.0 Å². The molecule has 0 aromatic carbocycles. The van der Waals surface area contributed by atoms with Crippen molar-refractivity contribution in [1.29, 1.82) is 0 Å². The number of rotatable bonds is 3. The first-order valence-corrected chi connectivity index (χ1v) is 9.57. The van der Waals surface area contributed by atoms with Gasteiger partial charge in [-0.25, -0.2) is 19.3 Å². The van der Waals surface area contributed by atoms with Crippen LogP contribution in [0.1, 0.15) is 12.3 Å². The van der Waals surface area contributed by atoms with Crippen LogP contribution in [-0.4, -0.2) is 47.3 Å². The second-order valence-electron chi connectivity index (χ2n) is 7.51. The zero-order chi connectivity index (χ0) is 20.7. The Morgan fingerprint density at radius 2 is 1.97 bits per heavy atom. The molecule has 30 heavy (non-hydrogen) atoms. The molecule has 0 radical (unpaired) electrons. The van der Waals surface area contributed by atoms with Crippen LogP contribution in [0.15, 0.2) is 46.6 Å². The van der Waals surface area contributed by atoms with Crippen molar-refractivity contribution in [1.82, 2.24) is 34.2 Å². The fraction of sp³-hybridized carbons (Fsp3) is 0.368. The number of pyridine rings is 1. The Kier molecular flexibility index (Phi) is 4.49. The average molecular weight is 410 g/mol. The van der Waals surface area contributed by atoms with Crippen LogP contribution in [0, 0.1) is 17.7 Å². The van der Waals surface area contributed by atoms with Crippen LogP contribution in [0.25, 0.3) is 11.2 Å². The van der Waals surface area contributed by atoms with Gasteiger partial charge in [-0.3, -0.25) is 9.36 Å². The monoisotopic (exact) mass is 410 g/mol. The summed E-state index contributed by atoms with van der Waals surface area (Å²) in [7, 11) is 1.75. The topological polar surface area (TPSA) is 108 Å². The summed E-state index contributed by atoms with van der Waals surface area (Å²) in [6.45, 7) is 2.20. The van der Waals surface area contributed by atoms with E-state index in [2.05, 4.69) is 30.0 Å². The molecule has 1 aliphatic carbocycles. The lowest BCUT2D eigenvalue weighted by Gasteiger charge is -2.18. The van der Waals surface area contributed by atoms with E-state index >= 15 is 0 Å². The van der Waals surface area contributed by atoms with Crippen molar-refractivity contribution >= 4 is 17.0 Å². The smallest absolute Gasteiger partial charge is 0.280 e. The molecule has 5 heterocycles. The van der Waals surface area contributed by atoms with Gasteiger partial charge in [0.2, 0.25) is 5.89 Å². The summed E-state index contributed by atoms with van der Waals surface area (Å²) in [6, 6.07) is 3.11. The number of anilines is 1. The average Bonchev–Trinajstić information content (AvgIpc) is 3.14. The van der Waals surface area contributed by atoms with Crippen LogP contribution in [-0.2, 0) is 13.6 Å². The van der Waals surface area contributed by atoms with E-state index in [1.807, 2.05) is 0 Å². The largest absolute Gasteiger partial charge is 0.354 e. The van der Waals surface area contributed by atoms with Gasteiger partial charge in [0.05, 0.1) is 6.33 Å². The Labute approximate surface area is 170 Å². The molecule has 0 bridgehead atoms. The number of fused-ring (bicyclic) bond motifs is 2. The lowest BCUT2D eigenvalue weighted by molar-refractivity contribution is 0.368. The van der Waals surface area contributed by atoms with Gasteiger partial charge in [-0.15, -0.1) is 0 Å². The zero-order valence-corrected chi connectivity index (χ0v) is 16.2. The zero-order valence-electron chi connectivity index (χ0n) is 16.2. The Bertz CT molecular complexity index is 1230. The predicted octanol–water partition coefficient (Wildman–Crippen LogP) is 1.24. The summed E-state index contributed by atoms with van der Waals surface area (Å²) < 4.78 is 21.2. The third-order valence-corrected chi connectivity index (χ3v) is 5.43. The van der Waals surface area contributed by atoms with E-state index in [1.165, 1.54) is 29.7 Å². The molecular formula is C19H19FN8O2. The van der Waals surface area contributed by atoms with Crippen molar-refractivity contribution in [3.05, 3.63) is 59.4 Å². The molecule has 2 aliphatic rings. The van der Waals surface area contributed by atoms with Crippen molar-refractivity contribution in [3.8, 4) is 0 Å². The van der Waals surface area contributed by atoms with E-state index in [4.69, 9.17) is 4.52 Å². The molecule has 0 unspecified atom stereocenters. The van der Waals surface area contributed by atoms with E-state index in [9.17, 15) is 9.18 Å². The highest BCUT2D eigenvalue weighted by Gasteiger charge is 2.45. The highest BCUT2D eigenvalue weighted by atomic mass is 19.1. The summed E-state index contributed by atoms with van der Waals surface area (Å²) >= 11 is 0. The molecule has 2 fully saturated rings. The van der Waals surface area contributed by atoms with E-state index in [0.717, 1.165) is 24.9 Å². The van der Waals surface area contributed by atoms with Gasteiger partial charge >= 0.3 is 0 Å². The number of imidazole rings is 1. The molecule has 0 amide bonds. The second kappa shape index (κ2) is 7.32. The molecule has 4 aromatic rings. The number of aryl methyl sites for hydroxylation is 1. The lowest BCUT2D eigenvalue weighted by atomic mass is 10.4. The van der Waals surface area contributed by atoms with E-state index in [0.29, 0.717) is 22.9 Å². The first-order valence-electron chi connectivity index (χ1n) is 9.57. The summed E-state index contributed by atoms with van der Waals surface area (Å²) in [6.07, 6.45) is 7.25. The Morgan fingerprint density at radius 1 is 1.17 bits per heavy atom.